The second-order valence-corrected chi connectivity index (χ2v) is 6.21. The maximum Gasteiger partial charge on any atom is 0.277 e. The van der Waals surface area contributed by atoms with Gasteiger partial charge in [-0.2, -0.15) is 5.10 Å². The SMILES string of the molecule is CCC(C)c1ccc(OCC(=O)NN=C(C)c2cccc([N+](=O)[O-])c2)cc1. The summed E-state index contributed by atoms with van der Waals surface area (Å²) in [6, 6.07) is 13.7. The first kappa shape index (κ1) is 20.1. The van der Waals surface area contributed by atoms with Gasteiger partial charge in [0.25, 0.3) is 11.6 Å². The molecule has 1 N–H and O–H groups in total. The van der Waals surface area contributed by atoms with Gasteiger partial charge in [0.15, 0.2) is 6.61 Å². The molecule has 7 heteroatoms. The summed E-state index contributed by atoms with van der Waals surface area (Å²) in [7, 11) is 0. The zero-order chi connectivity index (χ0) is 19.8. The summed E-state index contributed by atoms with van der Waals surface area (Å²) < 4.78 is 5.45. The van der Waals surface area contributed by atoms with Gasteiger partial charge >= 0.3 is 0 Å². The van der Waals surface area contributed by atoms with Crippen LogP contribution in [0.25, 0.3) is 0 Å². The van der Waals surface area contributed by atoms with Crippen molar-refractivity contribution in [1.82, 2.24) is 5.43 Å². The third-order valence-electron chi connectivity index (χ3n) is 4.25. The zero-order valence-corrected chi connectivity index (χ0v) is 15.6. The summed E-state index contributed by atoms with van der Waals surface area (Å²) in [5.74, 6) is 0.677. The van der Waals surface area contributed by atoms with Crippen molar-refractivity contribution in [2.24, 2.45) is 5.10 Å². The van der Waals surface area contributed by atoms with Gasteiger partial charge in [0.1, 0.15) is 5.75 Å². The number of amides is 1. The standard InChI is InChI=1S/C20H23N3O4/c1-4-14(2)16-8-10-19(11-9-16)27-13-20(24)22-21-15(3)17-6-5-7-18(12-17)23(25)26/h5-12,14H,4,13H2,1-3H3,(H,22,24). The first-order valence-electron chi connectivity index (χ1n) is 8.71. The smallest absolute Gasteiger partial charge is 0.277 e. The Morgan fingerprint density at radius 1 is 1.26 bits per heavy atom. The molecule has 0 radical (unpaired) electrons. The number of hydrogen-bond donors (Lipinski definition) is 1. The summed E-state index contributed by atoms with van der Waals surface area (Å²) in [6.45, 7) is 5.78. The molecule has 0 bridgehead atoms. The third kappa shape index (κ3) is 5.91. The Morgan fingerprint density at radius 3 is 2.59 bits per heavy atom. The largest absolute Gasteiger partial charge is 0.484 e. The molecule has 1 amide bonds. The summed E-state index contributed by atoms with van der Waals surface area (Å²) in [5.41, 5.74) is 4.62. The van der Waals surface area contributed by atoms with E-state index < -0.39 is 10.8 Å². The van der Waals surface area contributed by atoms with Crippen LogP contribution in [0, 0.1) is 10.1 Å². The van der Waals surface area contributed by atoms with Crippen LogP contribution in [0.5, 0.6) is 5.75 Å². The number of rotatable bonds is 8. The maximum absolute atomic E-state index is 11.9. The fourth-order valence-electron chi connectivity index (χ4n) is 2.36. The first-order valence-corrected chi connectivity index (χ1v) is 8.71. The normalized spacial score (nSPS) is 12.3. The number of hydrazone groups is 1. The van der Waals surface area contributed by atoms with E-state index in [1.807, 2.05) is 24.3 Å². The lowest BCUT2D eigenvalue weighted by atomic mass is 9.99. The maximum atomic E-state index is 11.9. The first-order chi connectivity index (χ1) is 12.9. The Bertz CT molecular complexity index is 831. The molecular formula is C20H23N3O4. The van der Waals surface area contributed by atoms with E-state index in [0.717, 1.165) is 6.42 Å². The minimum Gasteiger partial charge on any atom is -0.484 e. The van der Waals surface area contributed by atoms with Crippen LogP contribution in [-0.4, -0.2) is 23.1 Å². The summed E-state index contributed by atoms with van der Waals surface area (Å²) in [4.78, 5) is 22.2. The van der Waals surface area contributed by atoms with Gasteiger partial charge in [-0.15, -0.1) is 0 Å². The molecule has 0 aliphatic carbocycles. The average molecular weight is 369 g/mol. The zero-order valence-electron chi connectivity index (χ0n) is 15.6. The van der Waals surface area contributed by atoms with Gasteiger partial charge in [-0.3, -0.25) is 14.9 Å². The molecule has 1 unspecified atom stereocenters. The van der Waals surface area contributed by atoms with Crippen LogP contribution in [0.4, 0.5) is 5.69 Å². The fourth-order valence-corrected chi connectivity index (χ4v) is 2.36. The monoisotopic (exact) mass is 369 g/mol. The van der Waals surface area contributed by atoms with Crippen LogP contribution in [0.3, 0.4) is 0 Å². The molecule has 0 aromatic heterocycles. The highest BCUT2D eigenvalue weighted by Crippen LogP contribution is 2.21. The Labute approximate surface area is 158 Å². The van der Waals surface area contributed by atoms with Crippen molar-refractivity contribution in [1.29, 1.82) is 0 Å². The van der Waals surface area contributed by atoms with Crippen LogP contribution in [0.1, 0.15) is 44.2 Å². The summed E-state index contributed by atoms with van der Waals surface area (Å²) >= 11 is 0. The molecule has 2 aromatic rings. The molecule has 0 saturated carbocycles. The number of hydrogen-bond acceptors (Lipinski definition) is 5. The van der Waals surface area contributed by atoms with Gasteiger partial charge in [-0.05, 0) is 37.0 Å². The quantitative estimate of drug-likeness (QED) is 0.432. The van der Waals surface area contributed by atoms with Crippen LogP contribution in [-0.2, 0) is 4.79 Å². The Balaban J connectivity index is 1.89. The van der Waals surface area contributed by atoms with E-state index in [9.17, 15) is 14.9 Å². The Morgan fingerprint density at radius 2 is 1.96 bits per heavy atom. The van der Waals surface area contributed by atoms with Crippen molar-refractivity contribution in [3.63, 3.8) is 0 Å². The molecular weight excluding hydrogens is 346 g/mol. The van der Waals surface area contributed by atoms with E-state index in [1.54, 1.807) is 19.1 Å². The van der Waals surface area contributed by atoms with Gasteiger partial charge in [-0.1, -0.05) is 38.1 Å². The number of carbonyl (C=O) groups is 1. The second kappa shape index (κ2) is 9.47. The lowest BCUT2D eigenvalue weighted by Crippen LogP contribution is -2.25. The second-order valence-electron chi connectivity index (χ2n) is 6.21. The number of nitrogens with zero attached hydrogens (tertiary/aromatic N) is 2. The number of nitrogens with one attached hydrogen (secondary N) is 1. The van der Waals surface area contributed by atoms with Crippen molar-refractivity contribution in [2.75, 3.05) is 6.61 Å². The van der Waals surface area contributed by atoms with E-state index in [4.69, 9.17) is 4.74 Å². The van der Waals surface area contributed by atoms with Crippen molar-refractivity contribution >= 4 is 17.3 Å². The fraction of sp³-hybridized carbons (Fsp3) is 0.300. The van der Waals surface area contributed by atoms with E-state index in [-0.39, 0.29) is 12.3 Å². The molecule has 0 aliphatic heterocycles. The molecule has 2 rings (SSSR count). The molecule has 27 heavy (non-hydrogen) atoms. The molecule has 0 spiro atoms. The number of ether oxygens (including phenoxy) is 1. The molecule has 142 valence electrons. The molecule has 0 heterocycles. The number of nitro groups is 1. The molecule has 0 fully saturated rings. The number of benzene rings is 2. The summed E-state index contributed by atoms with van der Waals surface area (Å²) in [6.07, 6.45) is 1.06. The van der Waals surface area contributed by atoms with E-state index in [1.165, 1.54) is 17.7 Å². The van der Waals surface area contributed by atoms with E-state index >= 15 is 0 Å². The topological polar surface area (TPSA) is 93.8 Å². The highest BCUT2D eigenvalue weighted by atomic mass is 16.6. The highest BCUT2D eigenvalue weighted by molar-refractivity contribution is 5.99. The van der Waals surface area contributed by atoms with Crippen LogP contribution in [0.2, 0.25) is 0 Å². The predicted octanol–water partition coefficient (Wildman–Crippen LogP) is 4.03. The Kier molecular flexibility index (Phi) is 7.05. The third-order valence-corrected chi connectivity index (χ3v) is 4.25. The molecule has 1 atom stereocenters. The lowest BCUT2D eigenvalue weighted by Gasteiger charge is -2.10. The predicted molar refractivity (Wildman–Crippen MR) is 104 cm³/mol. The minimum absolute atomic E-state index is 0.0300. The van der Waals surface area contributed by atoms with Gasteiger partial charge in [-0.25, -0.2) is 5.43 Å². The van der Waals surface area contributed by atoms with Crippen molar-refractivity contribution < 1.29 is 14.5 Å². The van der Waals surface area contributed by atoms with Crippen LogP contribution in [0.15, 0.2) is 53.6 Å². The number of carbonyl (C=O) groups excluding carboxylic acids is 1. The lowest BCUT2D eigenvalue weighted by molar-refractivity contribution is -0.384. The van der Waals surface area contributed by atoms with Crippen molar-refractivity contribution in [3.8, 4) is 5.75 Å². The molecule has 2 aromatic carbocycles. The van der Waals surface area contributed by atoms with Crippen molar-refractivity contribution in [2.45, 2.75) is 33.1 Å². The minimum atomic E-state index is -0.476. The van der Waals surface area contributed by atoms with Crippen LogP contribution < -0.4 is 10.2 Å². The van der Waals surface area contributed by atoms with Gasteiger partial charge in [0.05, 0.1) is 10.6 Å². The van der Waals surface area contributed by atoms with E-state index in [2.05, 4.69) is 24.4 Å². The van der Waals surface area contributed by atoms with Crippen LogP contribution >= 0.6 is 0 Å². The Hall–Kier alpha value is -3.22. The highest BCUT2D eigenvalue weighted by Gasteiger charge is 2.08. The summed E-state index contributed by atoms with van der Waals surface area (Å²) in [5, 5.41) is 14.8. The van der Waals surface area contributed by atoms with Gasteiger partial charge in [0.2, 0.25) is 0 Å². The van der Waals surface area contributed by atoms with Gasteiger partial charge < -0.3 is 4.74 Å². The molecule has 0 saturated heterocycles. The molecule has 7 nitrogen and oxygen atoms in total. The number of nitro benzene ring substituents is 1. The number of non-ortho nitro benzene ring substituents is 1. The average Bonchev–Trinajstić information content (AvgIpc) is 2.70. The molecule has 0 aliphatic rings. The van der Waals surface area contributed by atoms with Crippen molar-refractivity contribution in [3.05, 3.63) is 69.8 Å². The van der Waals surface area contributed by atoms with E-state index in [0.29, 0.717) is 22.9 Å². The van der Waals surface area contributed by atoms with Gasteiger partial charge in [0, 0.05) is 17.7 Å².